The SMILES string of the molecule is N#Cc1ccc(C(=O)NN=Cc2cc(Br)ccc2OCc2cccc([N+](=O)[O-])c2)c(F)c1. The molecule has 1 amide bonds. The number of nitrogens with one attached hydrogen (secondary N) is 1. The van der Waals surface area contributed by atoms with Crippen LogP contribution in [0.3, 0.4) is 0 Å². The Balaban J connectivity index is 1.71. The molecule has 0 aliphatic heterocycles. The molecular formula is C22H14BrFN4O4. The van der Waals surface area contributed by atoms with E-state index in [1.54, 1.807) is 36.4 Å². The number of nitriles is 1. The number of hydrazone groups is 1. The van der Waals surface area contributed by atoms with Gasteiger partial charge in [0.05, 0.1) is 28.3 Å². The second kappa shape index (κ2) is 10.3. The summed E-state index contributed by atoms with van der Waals surface area (Å²) in [6.07, 6.45) is 1.33. The van der Waals surface area contributed by atoms with Gasteiger partial charge in [-0.3, -0.25) is 14.9 Å². The lowest BCUT2D eigenvalue weighted by atomic mass is 10.1. The first-order chi connectivity index (χ1) is 15.4. The van der Waals surface area contributed by atoms with E-state index in [0.29, 0.717) is 16.9 Å². The number of halogens is 2. The fourth-order valence-corrected chi connectivity index (χ4v) is 3.04. The minimum Gasteiger partial charge on any atom is -0.488 e. The topological polar surface area (TPSA) is 118 Å². The standard InChI is InChI=1S/C22H14BrFN4O4/c23-17-5-7-21(32-13-15-2-1-3-18(8-15)28(30)31)16(10-17)12-26-27-22(29)19-6-4-14(11-25)9-20(19)24/h1-10,12H,13H2,(H,27,29). The summed E-state index contributed by atoms with van der Waals surface area (Å²) in [7, 11) is 0. The molecule has 3 aromatic rings. The molecule has 0 radical (unpaired) electrons. The number of carbonyl (C=O) groups is 1. The molecule has 3 aromatic carbocycles. The molecule has 0 saturated carbocycles. The van der Waals surface area contributed by atoms with Crippen LogP contribution in [-0.4, -0.2) is 17.0 Å². The third-order valence-corrected chi connectivity index (χ3v) is 4.69. The molecule has 0 aliphatic carbocycles. The van der Waals surface area contributed by atoms with Crippen LogP contribution < -0.4 is 10.2 Å². The van der Waals surface area contributed by atoms with E-state index in [4.69, 9.17) is 10.00 Å². The van der Waals surface area contributed by atoms with E-state index in [1.807, 2.05) is 0 Å². The first-order valence-corrected chi connectivity index (χ1v) is 9.85. The number of nitrogens with zero attached hydrogens (tertiary/aromatic N) is 3. The second-order valence-corrected chi connectivity index (χ2v) is 7.32. The van der Waals surface area contributed by atoms with Crippen molar-refractivity contribution < 1.29 is 18.8 Å². The number of hydrogen-bond donors (Lipinski definition) is 1. The molecule has 0 aliphatic rings. The number of non-ortho nitro benzene ring substituents is 1. The summed E-state index contributed by atoms with van der Waals surface area (Å²) in [5.74, 6) is -1.19. The lowest BCUT2D eigenvalue weighted by molar-refractivity contribution is -0.384. The molecule has 1 N–H and O–H groups in total. The highest BCUT2D eigenvalue weighted by Gasteiger charge is 2.12. The van der Waals surface area contributed by atoms with Gasteiger partial charge in [0.25, 0.3) is 11.6 Å². The van der Waals surface area contributed by atoms with Crippen molar-refractivity contribution in [3.8, 4) is 11.8 Å². The lowest BCUT2D eigenvalue weighted by Crippen LogP contribution is -2.19. The van der Waals surface area contributed by atoms with E-state index in [1.165, 1.54) is 30.5 Å². The molecule has 0 unspecified atom stereocenters. The summed E-state index contributed by atoms with van der Waals surface area (Å²) in [5, 5.41) is 23.5. The summed E-state index contributed by atoms with van der Waals surface area (Å²) >= 11 is 3.34. The van der Waals surface area contributed by atoms with Crippen LogP contribution in [0.15, 0.2) is 70.2 Å². The number of hydrogen-bond acceptors (Lipinski definition) is 6. The van der Waals surface area contributed by atoms with Crippen molar-refractivity contribution >= 4 is 33.7 Å². The van der Waals surface area contributed by atoms with Crippen molar-refractivity contribution in [2.45, 2.75) is 6.61 Å². The van der Waals surface area contributed by atoms with Gasteiger partial charge in [0, 0.05) is 22.2 Å². The van der Waals surface area contributed by atoms with Gasteiger partial charge in [-0.25, -0.2) is 9.82 Å². The molecular weight excluding hydrogens is 483 g/mol. The summed E-state index contributed by atoms with van der Waals surface area (Å²) in [5.41, 5.74) is 3.15. The zero-order valence-electron chi connectivity index (χ0n) is 16.3. The molecule has 8 nitrogen and oxygen atoms in total. The zero-order chi connectivity index (χ0) is 23.1. The third kappa shape index (κ3) is 5.74. The Bertz CT molecular complexity index is 1260. The van der Waals surface area contributed by atoms with Gasteiger partial charge in [-0.15, -0.1) is 0 Å². The smallest absolute Gasteiger partial charge is 0.274 e. The van der Waals surface area contributed by atoms with Crippen molar-refractivity contribution in [3.05, 3.63) is 103 Å². The van der Waals surface area contributed by atoms with Crippen molar-refractivity contribution in [3.63, 3.8) is 0 Å². The van der Waals surface area contributed by atoms with E-state index < -0.39 is 16.6 Å². The molecule has 0 bridgehead atoms. The normalized spacial score (nSPS) is 10.5. The van der Waals surface area contributed by atoms with Crippen molar-refractivity contribution in [1.29, 1.82) is 5.26 Å². The number of nitro benzene ring substituents is 1. The molecule has 0 atom stereocenters. The first kappa shape index (κ1) is 22.6. The molecule has 32 heavy (non-hydrogen) atoms. The maximum atomic E-state index is 14.0. The highest BCUT2D eigenvalue weighted by Crippen LogP contribution is 2.23. The largest absolute Gasteiger partial charge is 0.488 e. The van der Waals surface area contributed by atoms with Crippen molar-refractivity contribution in [1.82, 2.24) is 5.43 Å². The fraction of sp³-hybridized carbons (Fsp3) is 0.0455. The van der Waals surface area contributed by atoms with Gasteiger partial charge in [0.1, 0.15) is 18.2 Å². The van der Waals surface area contributed by atoms with E-state index in [9.17, 15) is 19.3 Å². The second-order valence-electron chi connectivity index (χ2n) is 6.40. The summed E-state index contributed by atoms with van der Waals surface area (Å²) in [6, 6.07) is 16.5. The Morgan fingerprint density at radius 1 is 1.25 bits per heavy atom. The monoisotopic (exact) mass is 496 g/mol. The molecule has 3 rings (SSSR count). The van der Waals surface area contributed by atoms with Crippen LogP contribution >= 0.6 is 15.9 Å². The molecule has 0 aromatic heterocycles. The lowest BCUT2D eigenvalue weighted by Gasteiger charge is -2.10. The van der Waals surface area contributed by atoms with Gasteiger partial charge in [-0.2, -0.15) is 10.4 Å². The van der Waals surface area contributed by atoms with Crippen molar-refractivity contribution in [2.24, 2.45) is 5.10 Å². The van der Waals surface area contributed by atoms with Gasteiger partial charge in [-0.05, 0) is 42.0 Å². The highest BCUT2D eigenvalue weighted by atomic mass is 79.9. The molecule has 160 valence electrons. The maximum Gasteiger partial charge on any atom is 0.274 e. The average Bonchev–Trinajstić information content (AvgIpc) is 2.78. The zero-order valence-corrected chi connectivity index (χ0v) is 17.9. The Labute approximate surface area is 190 Å². The van der Waals surface area contributed by atoms with Gasteiger partial charge < -0.3 is 4.74 Å². The summed E-state index contributed by atoms with van der Waals surface area (Å²) < 4.78 is 20.5. The summed E-state index contributed by atoms with van der Waals surface area (Å²) in [4.78, 5) is 22.6. The molecule has 0 saturated heterocycles. The quantitative estimate of drug-likeness (QED) is 0.288. The number of amides is 1. The van der Waals surface area contributed by atoms with Crippen LogP contribution in [-0.2, 0) is 6.61 Å². The first-order valence-electron chi connectivity index (χ1n) is 9.06. The van der Waals surface area contributed by atoms with E-state index in [-0.39, 0.29) is 23.4 Å². The maximum absolute atomic E-state index is 14.0. The summed E-state index contributed by atoms with van der Waals surface area (Å²) in [6.45, 7) is 0.0764. The van der Waals surface area contributed by atoms with Gasteiger partial charge >= 0.3 is 0 Å². The number of ether oxygens (including phenoxy) is 1. The van der Waals surface area contributed by atoms with Gasteiger partial charge in [0.2, 0.25) is 0 Å². The minimum absolute atomic E-state index is 0.0403. The molecule has 0 heterocycles. The Morgan fingerprint density at radius 2 is 2.06 bits per heavy atom. The van der Waals surface area contributed by atoms with E-state index >= 15 is 0 Å². The van der Waals surface area contributed by atoms with Crippen LogP contribution in [0, 0.1) is 27.3 Å². The highest BCUT2D eigenvalue weighted by molar-refractivity contribution is 9.10. The van der Waals surface area contributed by atoms with Gasteiger partial charge in [0.15, 0.2) is 0 Å². The predicted molar refractivity (Wildman–Crippen MR) is 118 cm³/mol. The van der Waals surface area contributed by atoms with Crippen LogP contribution in [0.2, 0.25) is 0 Å². The van der Waals surface area contributed by atoms with Gasteiger partial charge in [-0.1, -0.05) is 28.1 Å². The predicted octanol–water partition coefficient (Wildman–Crippen LogP) is 4.71. The molecule has 0 spiro atoms. The van der Waals surface area contributed by atoms with Crippen LogP contribution in [0.1, 0.15) is 27.0 Å². The Morgan fingerprint density at radius 3 is 2.78 bits per heavy atom. The molecule has 10 heteroatoms. The fourth-order valence-electron chi connectivity index (χ4n) is 2.66. The van der Waals surface area contributed by atoms with Crippen molar-refractivity contribution in [2.75, 3.05) is 0 Å². The average molecular weight is 497 g/mol. The van der Waals surface area contributed by atoms with Crippen LogP contribution in [0.25, 0.3) is 0 Å². The number of benzene rings is 3. The van der Waals surface area contributed by atoms with Crippen LogP contribution in [0.4, 0.5) is 10.1 Å². The van der Waals surface area contributed by atoms with Crippen LogP contribution in [0.5, 0.6) is 5.75 Å². The number of rotatable bonds is 7. The van der Waals surface area contributed by atoms with E-state index in [2.05, 4.69) is 26.5 Å². The Kier molecular flexibility index (Phi) is 7.25. The minimum atomic E-state index is -0.833. The number of nitro groups is 1. The third-order valence-electron chi connectivity index (χ3n) is 4.20. The number of carbonyl (C=O) groups excluding carboxylic acids is 1. The van der Waals surface area contributed by atoms with E-state index in [0.717, 1.165) is 10.5 Å². The Hall–Kier alpha value is -4.10. The molecule has 0 fully saturated rings.